The lowest BCUT2D eigenvalue weighted by atomic mass is 10.2. The molecule has 8 heteroatoms. The Morgan fingerprint density at radius 3 is 2.84 bits per heavy atom. The molecule has 25 heavy (non-hydrogen) atoms. The highest BCUT2D eigenvalue weighted by atomic mass is 32.2. The van der Waals surface area contributed by atoms with Crippen molar-refractivity contribution in [1.29, 1.82) is 0 Å². The maximum absolute atomic E-state index is 12.5. The Kier molecular flexibility index (Phi) is 5.00. The minimum absolute atomic E-state index is 0.0198. The first-order chi connectivity index (χ1) is 12.0. The average molecular weight is 373 g/mol. The van der Waals surface area contributed by atoms with Crippen molar-refractivity contribution in [1.82, 2.24) is 9.47 Å². The summed E-state index contributed by atoms with van der Waals surface area (Å²) in [6, 6.07) is 10.1. The standard InChI is InChI=1S/C17H15N3O3S2/c1-2-8-19-16(21)15(25-17(19)24)11-13-7-4-9-18(13)12-5-3-6-14(10-12)20(22)23/h3-7,9-11H,2,8H2,1H3/b15-11+. The van der Waals surface area contributed by atoms with Gasteiger partial charge in [0.05, 0.1) is 15.5 Å². The van der Waals surface area contributed by atoms with E-state index in [0.717, 1.165) is 12.1 Å². The summed E-state index contributed by atoms with van der Waals surface area (Å²) in [4.78, 5) is 25.2. The van der Waals surface area contributed by atoms with Crippen molar-refractivity contribution in [2.24, 2.45) is 0 Å². The highest BCUT2D eigenvalue weighted by Crippen LogP contribution is 2.33. The van der Waals surface area contributed by atoms with E-state index in [1.807, 2.05) is 19.1 Å². The highest BCUT2D eigenvalue weighted by Gasteiger charge is 2.31. The van der Waals surface area contributed by atoms with E-state index in [1.54, 1.807) is 33.9 Å². The Morgan fingerprint density at radius 2 is 2.12 bits per heavy atom. The molecule has 1 aliphatic heterocycles. The van der Waals surface area contributed by atoms with Gasteiger partial charge >= 0.3 is 0 Å². The molecule has 6 nitrogen and oxygen atoms in total. The number of thiocarbonyl (C=S) groups is 1. The predicted octanol–water partition coefficient (Wildman–Crippen LogP) is 4.00. The van der Waals surface area contributed by atoms with Gasteiger partial charge in [-0.1, -0.05) is 37.0 Å². The maximum atomic E-state index is 12.5. The summed E-state index contributed by atoms with van der Waals surface area (Å²) in [7, 11) is 0. The zero-order valence-corrected chi connectivity index (χ0v) is 15.0. The smallest absolute Gasteiger partial charge is 0.271 e. The quantitative estimate of drug-likeness (QED) is 0.343. The Bertz CT molecular complexity index is 889. The topological polar surface area (TPSA) is 68.4 Å². The molecule has 3 rings (SSSR count). The van der Waals surface area contributed by atoms with Crippen molar-refractivity contribution in [3.05, 3.63) is 63.3 Å². The van der Waals surface area contributed by atoms with E-state index >= 15 is 0 Å². The Hall–Kier alpha value is -2.45. The van der Waals surface area contributed by atoms with Gasteiger partial charge in [0.2, 0.25) is 0 Å². The normalized spacial score (nSPS) is 16.0. The summed E-state index contributed by atoms with van der Waals surface area (Å²) in [5.41, 5.74) is 1.44. The Labute approximate surface area is 154 Å². The van der Waals surface area contributed by atoms with Crippen LogP contribution in [0.3, 0.4) is 0 Å². The molecule has 0 radical (unpaired) electrons. The predicted molar refractivity (Wildman–Crippen MR) is 103 cm³/mol. The fraction of sp³-hybridized carbons (Fsp3) is 0.176. The van der Waals surface area contributed by atoms with Crippen molar-refractivity contribution in [2.75, 3.05) is 6.54 Å². The van der Waals surface area contributed by atoms with E-state index in [1.165, 1.54) is 23.9 Å². The molecule has 0 N–H and O–H groups in total. The number of amides is 1. The van der Waals surface area contributed by atoms with E-state index in [2.05, 4.69) is 0 Å². The molecule has 0 bridgehead atoms. The van der Waals surface area contributed by atoms with Crippen LogP contribution in [0, 0.1) is 10.1 Å². The van der Waals surface area contributed by atoms with Crippen LogP contribution in [0.1, 0.15) is 19.0 Å². The first-order valence-electron chi connectivity index (χ1n) is 7.69. The number of rotatable bonds is 5. The van der Waals surface area contributed by atoms with Crippen LogP contribution in [0.5, 0.6) is 0 Å². The number of hydrogen-bond donors (Lipinski definition) is 0. The highest BCUT2D eigenvalue weighted by molar-refractivity contribution is 8.26. The van der Waals surface area contributed by atoms with E-state index < -0.39 is 4.92 Å². The molecular formula is C17H15N3O3S2. The zero-order valence-electron chi connectivity index (χ0n) is 13.4. The SMILES string of the molecule is CCCN1C(=O)/C(=C\c2cccn2-c2cccc([N+](=O)[O-])c2)SC1=S. The van der Waals surface area contributed by atoms with Gasteiger partial charge < -0.3 is 4.57 Å². The van der Waals surface area contributed by atoms with Gasteiger partial charge in [0.1, 0.15) is 4.32 Å². The second kappa shape index (κ2) is 7.20. The molecule has 0 saturated carbocycles. The van der Waals surface area contributed by atoms with Crippen molar-refractivity contribution < 1.29 is 9.72 Å². The average Bonchev–Trinajstić information content (AvgIpc) is 3.16. The van der Waals surface area contributed by atoms with E-state index in [9.17, 15) is 14.9 Å². The largest absolute Gasteiger partial charge is 0.317 e. The molecule has 1 fully saturated rings. The number of nitrogens with zero attached hydrogens (tertiary/aromatic N) is 3. The molecule has 1 aliphatic rings. The number of carbonyl (C=O) groups excluding carboxylic acids is 1. The van der Waals surface area contributed by atoms with E-state index in [0.29, 0.717) is 21.5 Å². The third-order valence-corrected chi connectivity index (χ3v) is 5.08. The number of benzene rings is 1. The van der Waals surface area contributed by atoms with Crippen LogP contribution in [-0.2, 0) is 4.79 Å². The summed E-state index contributed by atoms with van der Waals surface area (Å²) >= 11 is 6.55. The van der Waals surface area contributed by atoms with Gasteiger partial charge in [-0.15, -0.1) is 0 Å². The minimum atomic E-state index is -0.428. The Balaban J connectivity index is 1.95. The molecule has 1 aromatic heterocycles. The van der Waals surface area contributed by atoms with Crippen LogP contribution in [0.4, 0.5) is 5.69 Å². The summed E-state index contributed by atoms with van der Waals surface area (Å²) in [5.74, 6) is -0.0938. The minimum Gasteiger partial charge on any atom is -0.317 e. The van der Waals surface area contributed by atoms with E-state index in [-0.39, 0.29) is 11.6 Å². The first kappa shape index (κ1) is 17.4. The molecule has 2 aromatic rings. The molecule has 1 saturated heterocycles. The number of aromatic nitrogens is 1. The fourth-order valence-corrected chi connectivity index (χ4v) is 3.85. The number of nitro benzene ring substituents is 1. The summed E-state index contributed by atoms with van der Waals surface area (Å²) in [6.07, 6.45) is 4.41. The summed E-state index contributed by atoms with van der Waals surface area (Å²) in [5, 5.41) is 11.0. The zero-order chi connectivity index (χ0) is 18.0. The first-order valence-corrected chi connectivity index (χ1v) is 8.91. The van der Waals surface area contributed by atoms with Gasteiger partial charge in [0, 0.05) is 30.6 Å². The van der Waals surface area contributed by atoms with Gasteiger partial charge in [0.15, 0.2) is 0 Å². The van der Waals surface area contributed by atoms with Crippen molar-refractivity contribution in [2.45, 2.75) is 13.3 Å². The molecule has 0 atom stereocenters. The third kappa shape index (κ3) is 3.49. The third-order valence-electron chi connectivity index (χ3n) is 3.70. The molecule has 2 heterocycles. The monoisotopic (exact) mass is 373 g/mol. The van der Waals surface area contributed by atoms with Gasteiger partial charge in [-0.25, -0.2) is 0 Å². The summed E-state index contributed by atoms with van der Waals surface area (Å²) in [6.45, 7) is 2.60. The van der Waals surface area contributed by atoms with Crippen LogP contribution in [0.25, 0.3) is 11.8 Å². The van der Waals surface area contributed by atoms with Crippen LogP contribution in [0.2, 0.25) is 0 Å². The van der Waals surface area contributed by atoms with Crippen LogP contribution >= 0.6 is 24.0 Å². The fourth-order valence-electron chi connectivity index (χ4n) is 2.55. The van der Waals surface area contributed by atoms with Crippen molar-refractivity contribution >= 4 is 46.0 Å². The van der Waals surface area contributed by atoms with Crippen molar-refractivity contribution in [3.8, 4) is 5.69 Å². The molecule has 0 unspecified atom stereocenters. The van der Waals surface area contributed by atoms with Gasteiger partial charge in [-0.2, -0.15) is 0 Å². The lowest BCUT2D eigenvalue weighted by molar-refractivity contribution is -0.384. The van der Waals surface area contributed by atoms with E-state index in [4.69, 9.17) is 12.2 Å². The number of thioether (sulfide) groups is 1. The van der Waals surface area contributed by atoms with Crippen LogP contribution < -0.4 is 0 Å². The molecule has 1 amide bonds. The molecule has 0 aliphatic carbocycles. The molecular weight excluding hydrogens is 358 g/mol. The lowest BCUT2D eigenvalue weighted by Crippen LogP contribution is -2.28. The Morgan fingerprint density at radius 1 is 1.32 bits per heavy atom. The van der Waals surface area contributed by atoms with Crippen LogP contribution in [-0.4, -0.2) is 31.2 Å². The van der Waals surface area contributed by atoms with Gasteiger partial charge in [0.25, 0.3) is 11.6 Å². The lowest BCUT2D eigenvalue weighted by Gasteiger charge is -2.12. The van der Waals surface area contributed by atoms with Crippen molar-refractivity contribution in [3.63, 3.8) is 0 Å². The number of carbonyl (C=O) groups is 1. The van der Waals surface area contributed by atoms with Gasteiger partial charge in [-0.05, 0) is 30.7 Å². The molecule has 1 aromatic carbocycles. The molecule has 0 spiro atoms. The number of hydrogen-bond acceptors (Lipinski definition) is 5. The molecule has 128 valence electrons. The number of non-ortho nitro benzene ring substituents is 1. The second-order valence-electron chi connectivity index (χ2n) is 5.41. The maximum Gasteiger partial charge on any atom is 0.271 e. The summed E-state index contributed by atoms with van der Waals surface area (Å²) < 4.78 is 2.37. The second-order valence-corrected chi connectivity index (χ2v) is 7.09. The van der Waals surface area contributed by atoms with Crippen LogP contribution in [0.15, 0.2) is 47.5 Å². The van der Waals surface area contributed by atoms with Gasteiger partial charge in [-0.3, -0.25) is 19.8 Å². The number of nitro groups is 1.